The predicted molar refractivity (Wildman–Crippen MR) is 80.3 cm³/mol. The zero-order valence-electron chi connectivity index (χ0n) is 11.8. The van der Waals surface area contributed by atoms with Gasteiger partial charge in [0.05, 0.1) is 15.6 Å². The van der Waals surface area contributed by atoms with Gasteiger partial charge in [-0.2, -0.15) is 0 Å². The molecule has 1 heterocycles. The van der Waals surface area contributed by atoms with Crippen LogP contribution in [0.5, 0.6) is 0 Å². The molecule has 2 aromatic rings. The molecule has 0 aliphatic carbocycles. The first-order valence-electron chi connectivity index (χ1n) is 6.46. The third kappa shape index (κ3) is 2.64. The van der Waals surface area contributed by atoms with E-state index in [0.717, 1.165) is 0 Å². The van der Waals surface area contributed by atoms with E-state index in [1.54, 1.807) is 0 Å². The molecule has 0 bridgehead atoms. The summed E-state index contributed by atoms with van der Waals surface area (Å²) in [4.78, 5) is 6.20. The first-order chi connectivity index (χ1) is 8.39. The Morgan fingerprint density at radius 3 is 2.17 bits per heavy atom. The summed E-state index contributed by atoms with van der Waals surface area (Å²) in [6.07, 6.45) is 0. The minimum absolute atomic E-state index is 0.0921. The topological polar surface area (TPSA) is 12.9 Å². The number of thiazole rings is 1. The molecule has 0 amide bonds. The molecule has 18 heavy (non-hydrogen) atoms. The van der Waals surface area contributed by atoms with Crippen LogP contribution in [0.3, 0.4) is 0 Å². The highest BCUT2D eigenvalue weighted by molar-refractivity contribution is 7.15. The van der Waals surface area contributed by atoms with Gasteiger partial charge in [0.2, 0.25) is 0 Å². The molecule has 0 radical (unpaired) electrons. The second-order valence-electron chi connectivity index (χ2n) is 6.00. The van der Waals surface area contributed by atoms with E-state index in [-0.39, 0.29) is 5.41 Å². The van der Waals surface area contributed by atoms with Crippen LogP contribution in [0.1, 0.15) is 51.2 Å². The van der Waals surface area contributed by atoms with Gasteiger partial charge in [0.25, 0.3) is 0 Å². The molecule has 0 atom stereocenters. The van der Waals surface area contributed by atoms with Crippen molar-refractivity contribution in [2.75, 3.05) is 0 Å². The molecule has 96 valence electrons. The maximum Gasteiger partial charge on any atom is 0.0960 e. The Balaban J connectivity index is 2.59. The van der Waals surface area contributed by atoms with Gasteiger partial charge in [0.1, 0.15) is 0 Å². The Hall–Kier alpha value is -1.15. The number of aromatic nitrogens is 1. The summed E-state index contributed by atoms with van der Waals surface area (Å²) >= 11 is 1.84. The first kappa shape index (κ1) is 13.3. The van der Waals surface area contributed by atoms with E-state index < -0.39 is 0 Å². The van der Waals surface area contributed by atoms with Crippen LogP contribution in [0.2, 0.25) is 0 Å². The molecule has 0 unspecified atom stereocenters. The van der Waals surface area contributed by atoms with Gasteiger partial charge >= 0.3 is 0 Å². The summed E-state index contributed by atoms with van der Waals surface area (Å²) in [5, 5.41) is 1.23. The lowest BCUT2D eigenvalue weighted by molar-refractivity contribution is 0.571. The number of hydrogen-bond acceptors (Lipinski definition) is 2. The maximum atomic E-state index is 4.88. The third-order valence-electron chi connectivity index (χ3n) is 2.88. The molecule has 1 aromatic carbocycles. The van der Waals surface area contributed by atoms with Crippen molar-refractivity contribution < 1.29 is 0 Å². The quantitative estimate of drug-likeness (QED) is 0.719. The summed E-state index contributed by atoms with van der Waals surface area (Å²) in [6.45, 7) is 11.1. The molecule has 0 saturated carbocycles. The van der Waals surface area contributed by atoms with Crippen molar-refractivity contribution in [3.63, 3.8) is 0 Å². The molecular weight excluding hydrogens is 238 g/mol. The fraction of sp³-hybridized carbons (Fsp3) is 0.438. The van der Waals surface area contributed by atoms with Crippen LogP contribution in [-0.2, 0) is 5.41 Å². The van der Waals surface area contributed by atoms with Crippen LogP contribution >= 0.6 is 11.3 Å². The summed E-state index contributed by atoms with van der Waals surface area (Å²) in [5.41, 5.74) is 2.60. The molecule has 0 fully saturated rings. The maximum absolute atomic E-state index is 4.88. The van der Waals surface area contributed by atoms with Gasteiger partial charge in [-0.15, -0.1) is 11.3 Å². The van der Waals surface area contributed by atoms with Crippen LogP contribution in [0.4, 0.5) is 0 Å². The van der Waals surface area contributed by atoms with Crippen molar-refractivity contribution in [2.24, 2.45) is 0 Å². The number of nitrogens with zero attached hydrogens (tertiary/aromatic N) is 1. The van der Waals surface area contributed by atoms with Gasteiger partial charge in [0, 0.05) is 11.3 Å². The zero-order valence-corrected chi connectivity index (χ0v) is 12.6. The lowest BCUT2D eigenvalue weighted by atomic mass is 9.90. The van der Waals surface area contributed by atoms with Crippen LogP contribution in [-0.4, -0.2) is 4.98 Å². The lowest BCUT2D eigenvalue weighted by Gasteiger charge is -2.17. The molecular formula is C16H21NS. The monoisotopic (exact) mass is 259 g/mol. The van der Waals surface area contributed by atoms with Gasteiger partial charge in [-0.25, -0.2) is 4.98 Å². The van der Waals surface area contributed by atoms with Gasteiger partial charge in [-0.05, 0) is 5.56 Å². The number of rotatable bonds is 2. The average Bonchev–Trinajstić information content (AvgIpc) is 2.74. The molecule has 1 aromatic heterocycles. The fourth-order valence-corrected chi connectivity index (χ4v) is 3.16. The largest absolute Gasteiger partial charge is 0.245 e. The minimum Gasteiger partial charge on any atom is -0.245 e. The Labute approximate surface area is 114 Å². The van der Waals surface area contributed by atoms with E-state index in [0.29, 0.717) is 5.92 Å². The van der Waals surface area contributed by atoms with E-state index in [2.05, 4.69) is 65.0 Å². The van der Waals surface area contributed by atoms with E-state index in [4.69, 9.17) is 4.98 Å². The summed E-state index contributed by atoms with van der Waals surface area (Å²) in [6, 6.07) is 10.6. The molecule has 0 aliphatic heterocycles. The molecule has 0 N–H and O–H groups in total. The highest BCUT2D eigenvalue weighted by Gasteiger charge is 2.24. The van der Waals surface area contributed by atoms with E-state index in [1.807, 2.05) is 11.3 Å². The van der Waals surface area contributed by atoms with Crippen LogP contribution in [0.25, 0.3) is 10.4 Å². The van der Waals surface area contributed by atoms with Crippen molar-refractivity contribution in [3.05, 3.63) is 41.0 Å². The summed E-state index contributed by atoms with van der Waals surface area (Å²) < 4.78 is 0. The van der Waals surface area contributed by atoms with Gasteiger partial charge in [-0.1, -0.05) is 65.0 Å². The summed E-state index contributed by atoms with van der Waals surface area (Å²) in [5.74, 6) is 0.494. The third-order valence-corrected chi connectivity index (χ3v) is 4.29. The van der Waals surface area contributed by atoms with E-state index in [9.17, 15) is 0 Å². The molecule has 1 nitrogen and oxygen atoms in total. The average molecular weight is 259 g/mol. The molecule has 0 spiro atoms. The highest BCUT2D eigenvalue weighted by Crippen LogP contribution is 2.39. The Morgan fingerprint density at radius 1 is 1.06 bits per heavy atom. The van der Waals surface area contributed by atoms with Crippen molar-refractivity contribution in [1.82, 2.24) is 4.98 Å². The summed E-state index contributed by atoms with van der Waals surface area (Å²) in [7, 11) is 0. The zero-order chi connectivity index (χ0) is 13.3. The smallest absolute Gasteiger partial charge is 0.0960 e. The fourth-order valence-electron chi connectivity index (χ4n) is 1.88. The Bertz CT molecular complexity index is 518. The standard InChI is InChI=1S/C16H21NS/c1-11(2)15-17-14(16(3,4)5)13(18-15)12-9-7-6-8-10-12/h6-11H,1-5H3. The molecule has 2 rings (SSSR count). The Morgan fingerprint density at radius 2 is 1.67 bits per heavy atom. The Kier molecular flexibility index (Phi) is 3.58. The SMILES string of the molecule is CC(C)c1nc(C(C)(C)C)c(-c2ccccc2)s1. The van der Waals surface area contributed by atoms with Gasteiger partial charge in [0.15, 0.2) is 0 Å². The van der Waals surface area contributed by atoms with E-state index >= 15 is 0 Å². The van der Waals surface area contributed by atoms with Crippen molar-refractivity contribution in [1.29, 1.82) is 0 Å². The lowest BCUT2D eigenvalue weighted by Crippen LogP contribution is -2.13. The van der Waals surface area contributed by atoms with Crippen LogP contribution in [0.15, 0.2) is 30.3 Å². The molecule has 0 aliphatic rings. The van der Waals surface area contributed by atoms with Crippen molar-refractivity contribution in [2.45, 2.75) is 46.0 Å². The van der Waals surface area contributed by atoms with Gasteiger partial charge < -0.3 is 0 Å². The van der Waals surface area contributed by atoms with Crippen LogP contribution in [0, 0.1) is 0 Å². The highest BCUT2D eigenvalue weighted by atomic mass is 32.1. The van der Waals surface area contributed by atoms with Crippen LogP contribution < -0.4 is 0 Å². The molecule has 2 heteroatoms. The van der Waals surface area contributed by atoms with Crippen molar-refractivity contribution in [3.8, 4) is 10.4 Å². The number of hydrogen-bond donors (Lipinski definition) is 0. The van der Waals surface area contributed by atoms with E-state index in [1.165, 1.54) is 21.1 Å². The first-order valence-corrected chi connectivity index (χ1v) is 7.28. The predicted octanol–water partition coefficient (Wildman–Crippen LogP) is 5.23. The van der Waals surface area contributed by atoms with Gasteiger partial charge in [-0.3, -0.25) is 0 Å². The molecule has 0 saturated heterocycles. The normalized spacial score (nSPS) is 12.1. The van der Waals surface area contributed by atoms with Crippen molar-refractivity contribution >= 4 is 11.3 Å². The second-order valence-corrected chi connectivity index (χ2v) is 7.03. The second kappa shape index (κ2) is 4.85. The minimum atomic E-state index is 0.0921. The number of benzene rings is 1.